The van der Waals surface area contributed by atoms with Gasteiger partial charge in [-0.15, -0.1) is 0 Å². The molecule has 2 aliphatic rings. The third kappa shape index (κ3) is 5.03. The first-order valence-corrected chi connectivity index (χ1v) is 13.6. The van der Waals surface area contributed by atoms with Crippen LogP contribution in [0.5, 0.6) is 0 Å². The lowest BCUT2D eigenvalue weighted by molar-refractivity contribution is -0.0777. The van der Waals surface area contributed by atoms with Gasteiger partial charge in [0.15, 0.2) is 0 Å². The SMILES string of the molecule is BC(B)(c1cccc(Nc2nccc(-c3cc(C#N)c4c(c3)[C@@](C)(CO)CN4)n2)c1C)N1CC(C)OC(C)C1. The van der Waals surface area contributed by atoms with Gasteiger partial charge in [-0.05, 0) is 67.1 Å². The third-order valence-electron chi connectivity index (χ3n) is 8.31. The molecule has 39 heavy (non-hydrogen) atoms. The molecule has 8 nitrogen and oxygen atoms in total. The van der Waals surface area contributed by atoms with Crippen LogP contribution in [-0.4, -0.2) is 74.1 Å². The Kier molecular flexibility index (Phi) is 7.19. The molecule has 2 aliphatic heterocycles. The van der Waals surface area contributed by atoms with Crippen LogP contribution in [0.1, 0.15) is 43.0 Å². The molecule has 0 bridgehead atoms. The fraction of sp³-hybridized carbons (Fsp3) is 0.414. The summed E-state index contributed by atoms with van der Waals surface area (Å²) in [6.07, 6.45) is 2.11. The summed E-state index contributed by atoms with van der Waals surface area (Å²) in [7, 11) is 4.55. The Morgan fingerprint density at radius 3 is 2.69 bits per heavy atom. The molecule has 5 rings (SSSR count). The number of aliphatic hydroxyl groups excluding tert-OH is 1. The van der Waals surface area contributed by atoms with Gasteiger partial charge in [0.1, 0.15) is 21.8 Å². The number of rotatable bonds is 6. The van der Waals surface area contributed by atoms with Crippen LogP contribution in [0.25, 0.3) is 11.3 Å². The number of aliphatic hydroxyl groups is 1. The molecule has 2 unspecified atom stereocenters. The van der Waals surface area contributed by atoms with Crippen LogP contribution in [0.3, 0.4) is 0 Å². The Morgan fingerprint density at radius 2 is 2.00 bits per heavy atom. The predicted molar refractivity (Wildman–Crippen MR) is 160 cm³/mol. The smallest absolute Gasteiger partial charge is 0.227 e. The summed E-state index contributed by atoms with van der Waals surface area (Å²) < 4.78 is 5.98. The van der Waals surface area contributed by atoms with Gasteiger partial charge in [0, 0.05) is 42.5 Å². The first-order valence-electron chi connectivity index (χ1n) is 13.6. The topological polar surface area (TPSA) is 106 Å². The van der Waals surface area contributed by atoms with E-state index < -0.39 is 5.41 Å². The highest BCUT2D eigenvalue weighted by Crippen LogP contribution is 2.41. The largest absolute Gasteiger partial charge is 0.395 e. The van der Waals surface area contributed by atoms with E-state index in [1.807, 2.05) is 25.1 Å². The Labute approximate surface area is 232 Å². The Bertz CT molecular complexity index is 1430. The Balaban J connectivity index is 1.46. The quantitative estimate of drug-likeness (QED) is 0.424. The molecule has 3 heterocycles. The van der Waals surface area contributed by atoms with E-state index in [1.54, 1.807) is 6.20 Å². The van der Waals surface area contributed by atoms with Crippen molar-refractivity contribution in [1.82, 2.24) is 14.9 Å². The number of fused-ring (bicyclic) bond motifs is 1. The lowest BCUT2D eigenvalue weighted by atomic mass is 9.55. The molecule has 10 heteroatoms. The molecule has 2 aromatic carbocycles. The van der Waals surface area contributed by atoms with Crippen molar-refractivity contribution in [2.75, 3.05) is 36.9 Å². The summed E-state index contributed by atoms with van der Waals surface area (Å²) in [6, 6.07) is 14.3. The Hall–Kier alpha value is -3.38. The summed E-state index contributed by atoms with van der Waals surface area (Å²) in [5, 5.41) is 26.4. The molecule has 0 aliphatic carbocycles. The van der Waals surface area contributed by atoms with Crippen molar-refractivity contribution < 1.29 is 9.84 Å². The van der Waals surface area contributed by atoms with E-state index in [9.17, 15) is 10.4 Å². The molecule has 1 fully saturated rings. The lowest BCUT2D eigenvalue weighted by Crippen LogP contribution is -2.56. The van der Waals surface area contributed by atoms with E-state index in [0.29, 0.717) is 23.8 Å². The summed E-state index contributed by atoms with van der Waals surface area (Å²) in [6.45, 7) is 10.8. The van der Waals surface area contributed by atoms with E-state index in [2.05, 4.69) is 81.2 Å². The van der Waals surface area contributed by atoms with Crippen LogP contribution in [0.4, 0.5) is 17.3 Å². The Morgan fingerprint density at radius 1 is 1.26 bits per heavy atom. The number of nitrogens with zero attached hydrogens (tertiary/aromatic N) is 4. The van der Waals surface area contributed by atoms with Gasteiger partial charge in [-0.2, -0.15) is 5.26 Å². The maximum Gasteiger partial charge on any atom is 0.227 e. The normalized spacial score (nSPS) is 23.1. The summed E-state index contributed by atoms with van der Waals surface area (Å²) >= 11 is 0. The van der Waals surface area contributed by atoms with E-state index in [1.165, 1.54) is 5.56 Å². The molecule has 1 saturated heterocycles. The molecule has 0 spiro atoms. The van der Waals surface area contributed by atoms with Crippen molar-refractivity contribution >= 4 is 33.0 Å². The van der Waals surface area contributed by atoms with Gasteiger partial charge in [-0.1, -0.05) is 19.1 Å². The van der Waals surface area contributed by atoms with Crippen molar-refractivity contribution in [3.63, 3.8) is 0 Å². The summed E-state index contributed by atoms with van der Waals surface area (Å²) in [5.74, 6) is 0.487. The van der Waals surface area contributed by atoms with E-state index in [0.717, 1.165) is 41.2 Å². The average Bonchev–Trinajstić information content (AvgIpc) is 3.26. The van der Waals surface area contributed by atoms with Crippen LogP contribution in [-0.2, 0) is 15.5 Å². The number of nitrogens with one attached hydrogen (secondary N) is 2. The van der Waals surface area contributed by atoms with Crippen molar-refractivity contribution in [1.29, 1.82) is 5.26 Å². The standard InChI is InChI=1S/C29H36B2N6O2/c1-17-13-37(14-18(2)39-17)29(30,31)22-6-5-7-24(19(22)3)35-27-33-9-8-25(36-27)20-10-21(12-32)26-23(11-20)28(4,16-38)15-34-26/h5-11,17-18,34,38H,13-16,30-31H2,1-4H3,(H,33,35,36)/t17?,18?,28-/m1/s1. The maximum atomic E-state index is 10.1. The van der Waals surface area contributed by atoms with Gasteiger partial charge < -0.3 is 25.4 Å². The van der Waals surface area contributed by atoms with Crippen LogP contribution < -0.4 is 10.6 Å². The lowest BCUT2D eigenvalue weighted by Gasteiger charge is -2.46. The summed E-state index contributed by atoms with van der Waals surface area (Å²) in [5.41, 5.74) is 6.71. The number of hydrogen-bond donors (Lipinski definition) is 3. The van der Waals surface area contributed by atoms with Crippen LogP contribution in [0.2, 0.25) is 0 Å². The third-order valence-corrected chi connectivity index (χ3v) is 8.31. The fourth-order valence-electron chi connectivity index (χ4n) is 6.00. The molecule has 0 saturated carbocycles. The second kappa shape index (κ2) is 10.3. The molecule has 0 radical (unpaired) electrons. The van der Waals surface area contributed by atoms with E-state index in [-0.39, 0.29) is 24.2 Å². The zero-order chi connectivity index (χ0) is 27.9. The van der Waals surface area contributed by atoms with Crippen molar-refractivity contribution in [3.8, 4) is 17.3 Å². The van der Waals surface area contributed by atoms with Gasteiger partial charge in [-0.25, -0.2) is 9.97 Å². The van der Waals surface area contributed by atoms with Gasteiger partial charge in [0.05, 0.1) is 35.8 Å². The first-order chi connectivity index (χ1) is 18.6. The van der Waals surface area contributed by atoms with Gasteiger partial charge >= 0.3 is 0 Å². The van der Waals surface area contributed by atoms with Crippen LogP contribution in [0, 0.1) is 18.3 Å². The second-order valence-corrected chi connectivity index (χ2v) is 11.7. The van der Waals surface area contributed by atoms with E-state index in [4.69, 9.17) is 9.72 Å². The first kappa shape index (κ1) is 27.2. The van der Waals surface area contributed by atoms with Gasteiger partial charge in [0.2, 0.25) is 5.95 Å². The number of nitriles is 1. The minimum Gasteiger partial charge on any atom is -0.395 e. The van der Waals surface area contributed by atoms with Crippen LogP contribution >= 0.6 is 0 Å². The summed E-state index contributed by atoms with van der Waals surface area (Å²) in [4.78, 5) is 11.8. The molecule has 200 valence electrons. The number of hydrogen-bond acceptors (Lipinski definition) is 8. The second-order valence-electron chi connectivity index (χ2n) is 11.7. The fourth-order valence-corrected chi connectivity index (χ4v) is 6.00. The van der Waals surface area contributed by atoms with Crippen molar-refractivity contribution in [2.24, 2.45) is 0 Å². The minimum atomic E-state index is -0.453. The molecule has 1 aromatic heterocycles. The average molecular weight is 522 g/mol. The van der Waals surface area contributed by atoms with Crippen LogP contribution in [0.15, 0.2) is 42.6 Å². The molecular formula is C29H36B2N6O2. The highest BCUT2D eigenvalue weighted by atomic mass is 16.5. The van der Waals surface area contributed by atoms with Crippen molar-refractivity contribution in [3.05, 3.63) is 64.8 Å². The zero-order valence-corrected chi connectivity index (χ0v) is 23.7. The number of ether oxygens (including phenoxy) is 1. The minimum absolute atomic E-state index is 0.00779. The molecule has 0 amide bonds. The maximum absolute atomic E-state index is 10.1. The number of anilines is 3. The zero-order valence-electron chi connectivity index (χ0n) is 23.7. The number of aromatic nitrogens is 2. The van der Waals surface area contributed by atoms with Crippen molar-refractivity contribution in [2.45, 2.75) is 50.7 Å². The monoisotopic (exact) mass is 522 g/mol. The molecule has 3 aromatic rings. The molecule has 3 N–H and O–H groups in total. The molecule has 3 atom stereocenters. The van der Waals surface area contributed by atoms with Gasteiger partial charge in [0.25, 0.3) is 0 Å². The number of morpholine rings is 1. The highest BCUT2D eigenvalue weighted by Gasteiger charge is 2.37. The highest BCUT2D eigenvalue weighted by molar-refractivity contribution is 6.39. The predicted octanol–water partition coefficient (Wildman–Crippen LogP) is 2.23. The van der Waals surface area contributed by atoms with Gasteiger partial charge in [-0.3, -0.25) is 0 Å². The molecular weight excluding hydrogens is 486 g/mol. The van der Waals surface area contributed by atoms with E-state index >= 15 is 0 Å². The number of benzene rings is 2.